The van der Waals surface area contributed by atoms with Crippen molar-refractivity contribution in [1.29, 1.82) is 0 Å². The van der Waals surface area contributed by atoms with Gasteiger partial charge in [0.05, 0.1) is 24.2 Å². The summed E-state index contributed by atoms with van der Waals surface area (Å²) in [4.78, 5) is 0. The Balaban J connectivity index is 2.16. The van der Waals surface area contributed by atoms with Gasteiger partial charge in [-0.3, -0.25) is 0 Å². The molecule has 0 amide bonds. The van der Waals surface area contributed by atoms with Crippen molar-refractivity contribution in [2.24, 2.45) is 0 Å². The number of hydrogen-bond donors (Lipinski definition) is 2. The monoisotopic (exact) mass is 339 g/mol. The third kappa shape index (κ3) is 3.49. The normalized spacial score (nSPS) is 12.0. The van der Waals surface area contributed by atoms with Crippen molar-refractivity contribution in [3.63, 3.8) is 0 Å². The van der Waals surface area contributed by atoms with E-state index in [4.69, 9.17) is 4.74 Å². The molecule has 0 saturated heterocycles. The minimum atomic E-state index is -0.324. The molecule has 2 aromatic rings. The number of anilines is 1. The smallest absolute Gasteiger partial charge is 0.137 e. The van der Waals surface area contributed by atoms with Crippen LogP contribution in [0.2, 0.25) is 0 Å². The highest BCUT2D eigenvalue weighted by atomic mass is 79.9. The molecule has 1 atom stereocenters. The molecule has 5 heteroatoms. The van der Waals surface area contributed by atoms with E-state index in [0.717, 1.165) is 17.0 Å². The van der Waals surface area contributed by atoms with Crippen LogP contribution in [0.1, 0.15) is 11.6 Å². The van der Waals surface area contributed by atoms with Crippen molar-refractivity contribution in [3.05, 3.63) is 58.3 Å². The van der Waals surface area contributed by atoms with Gasteiger partial charge in [-0.15, -0.1) is 0 Å². The lowest BCUT2D eigenvalue weighted by Gasteiger charge is -2.18. The SMILES string of the molecule is COc1ccc(NC(CO)c2ccc(F)c(Br)c2)cc1. The Morgan fingerprint density at radius 1 is 1.25 bits per heavy atom. The van der Waals surface area contributed by atoms with E-state index in [0.29, 0.717) is 4.47 Å². The summed E-state index contributed by atoms with van der Waals surface area (Å²) in [7, 11) is 1.61. The van der Waals surface area contributed by atoms with E-state index in [-0.39, 0.29) is 18.5 Å². The summed E-state index contributed by atoms with van der Waals surface area (Å²) in [5.74, 6) is 0.440. The molecule has 0 aliphatic rings. The molecule has 0 radical (unpaired) electrons. The van der Waals surface area contributed by atoms with E-state index in [2.05, 4.69) is 21.2 Å². The molecule has 2 rings (SSSR count). The maximum Gasteiger partial charge on any atom is 0.137 e. The van der Waals surface area contributed by atoms with Crippen LogP contribution in [0.25, 0.3) is 0 Å². The van der Waals surface area contributed by atoms with Crippen LogP contribution in [0.5, 0.6) is 5.75 Å². The van der Waals surface area contributed by atoms with Crippen LogP contribution in [-0.4, -0.2) is 18.8 Å². The van der Waals surface area contributed by atoms with Crippen molar-refractivity contribution in [3.8, 4) is 5.75 Å². The number of ether oxygens (including phenoxy) is 1. The number of benzene rings is 2. The molecule has 0 bridgehead atoms. The number of hydrogen-bond acceptors (Lipinski definition) is 3. The Hall–Kier alpha value is -1.59. The number of rotatable bonds is 5. The molecular formula is C15H15BrFNO2. The average Bonchev–Trinajstić information content (AvgIpc) is 2.48. The molecule has 0 aliphatic carbocycles. The summed E-state index contributed by atoms with van der Waals surface area (Å²) in [6, 6.07) is 11.8. The number of aliphatic hydroxyl groups excluding tert-OH is 1. The van der Waals surface area contributed by atoms with Crippen molar-refractivity contribution >= 4 is 21.6 Å². The lowest BCUT2D eigenvalue weighted by atomic mass is 10.1. The van der Waals surface area contributed by atoms with Gasteiger partial charge in [0, 0.05) is 5.69 Å². The van der Waals surface area contributed by atoms with Crippen molar-refractivity contribution in [1.82, 2.24) is 0 Å². The summed E-state index contributed by atoms with van der Waals surface area (Å²) < 4.78 is 18.7. The van der Waals surface area contributed by atoms with Gasteiger partial charge in [0.2, 0.25) is 0 Å². The lowest BCUT2D eigenvalue weighted by Crippen LogP contribution is -2.14. The molecule has 0 saturated carbocycles. The first kappa shape index (κ1) is 14.8. The van der Waals surface area contributed by atoms with Gasteiger partial charge in [-0.2, -0.15) is 0 Å². The van der Waals surface area contributed by atoms with Gasteiger partial charge in [0.25, 0.3) is 0 Å². The Labute approximate surface area is 125 Å². The van der Waals surface area contributed by atoms with E-state index < -0.39 is 0 Å². The summed E-state index contributed by atoms with van der Waals surface area (Å²) in [6.07, 6.45) is 0. The van der Waals surface area contributed by atoms with Gasteiger partial charge in [-0.05, 0) is 57.9 Å². The Bertz CT molecular complexity index is 575. The van der Waals surface area contributed by atoms with Gasteiger partial charge in [-0.1, -0.05) is 6.07 Å². The number of nitrogens with one attached hydrogen (secondary N) is 1. The first-order valence-electron chi connectivity index (χ1n) is 6.10. The summed E-state index contributed by atoms with van der Waals surface area (Å²) >= 11 is 3.15. The molecular weight excluding hydrogens is 325 g/mol. The highest BCUT2D eigenvalue weighted by molar-refractivity contribution is 9.10. The summed E-state index contributed by atoms with van der Waals surface area (Å²) in [5, 5.41) is 12.7. The predicted octanol–water partition coefficient (Wildman–Crippen LogP) is 3.74. The predicted molar refractivity (Wildman–Crippen MR) is 80.5 cm³/mol. The van der Waals surface area contributed by atoms with E-state index in [1.54, 1.807) is 19.2 Å². The second-order valence-electron chi connectivity index (χ2n) is 4.28. The van der Waals surface area contributed by atoms with E-state index in [9.17, 15) is 9.50 Å². The van der Waals surface area contributed by atoms with Crippen molar-refractivity contribution < 1.29 is 14.2 Å². The highest BCUT2D eigenvalue weighted by Crippen LogP contribution is 2.25. The van der Waals surface area contributed by atoms with Gasteiger partial charge >= 0.3 is 0 Å². The third-order valence-electron chi connectivity index (χ3n) is 2.96. The third-order valence-corrected chi connectivity index (χ3v) is 3.57. The minimum Gasteiger partial charge on any atom is -0.497 e. The molecule has 20 heavy (non-hydrogen) atoms. The first-order chi connectivity index (χ1) is 9.63. The van der Waals surface area contributed by atoms with Gasteiger partial charge < -0.3 is 15.2 Å². The molecule has 2 aromatic carbocycles. The Kier molecular flexibility index (Phi) is 4.98. The fourth-order valence-electron chi connectivity index (χ4n) is 1.85. The second-order valence-corrected chi connectivity index (χ2v) is 5.14. The van der Waals surface area contributed by atoms with Gasteiger partial charge in [0.15, 0.2) is 0 Å². The fourth-order valence-corrected chi connectivity index (χ4v) is 2.25. The van der Waals surface area contributed by atoms with Crippen LogP contribution in [0.15, 0.2) is 46.9 Å². The van der Waals surface area contributed by atoms with Crippen LogP contribution in [0, 0.1) is 5.82 Å². The Morgan fingerprint density at radius 3 is 2.50 bits per heavy atom. The summed E-state index contributed by atoms with van der Waals surface area (Å²) in [5.41, 5.74) is 1.65. The summed E-state index contributed by atoms with van der Waals surface area (Å²) in [6.45, 7) is -0.0932. The van der Waals surface area contributed by atoms with E-state index in [1.807, 2.05) is 24.3 Å². The van der Waals surface area contributed by atoms with Crippen LogP contribution in [-0.2, 0) is 0 Å². The highest BCUT2D eigenvalue weighted by Gasteiger charge is 2.12. The zero-order chi connectivity index (χ0) is 14.5. The lowest BCUT2D eigenvalue weighted by molar-refractivity contribution is 0.276. The molecule has 3 nitrogen and oxygen atoms in total. The maximum atomic E-state index is 13.2. The maximum absolute atomic E-state index is 13.2. The van der Waals surface area contributed by atoms with Gasteiger partial charge in [-0.25, -0.2) is 4.39 Å². The molecule has 0 aliphatic heterocycles. The molecule has 1 unspecified atom stereocenters. The van der Waals surface area contributed by atoms with Gasteiger partial charge in [0.1, 0.15) is 11.6 Å². The molecule has 0 aromatic heterocycles. The number of methoxy groups -OCH3 is 1. The first-order valence-corrected chi connectivity index (χ1v) is 6.89. The van der Waals surface area contributed by atoms with Crippen molar-refractivity contribution in [2.75, 3.05) is 19.0 Å². The zero-order valence-electron chi connectivity index (χ0n) is 10.9. The van der Waals surface area contributed by atoms with E-state index in [1.165, 1.54) is 6.07 Å². The number of halogens is 2. The van der Waals surface area contributed by atoms with Crippen LogP contribution >= 0.6 is 15.9 Å². The number of aliphatic hydroxyl groups is 1. The molecule has 0 spiro atoms. The van der Waals surface area contributed by atoms with Crippen LogP contribution in [0.3, 0.4) is 0 Å². The fraction of sp³-hybridized carbons (Fsp3) is 0.200. The Morgan fingerprint density at radius 2 is 1.95 bits per heavy atom. The zero-order valence-corrected chi connectivity index (χ0v) is 12.5. The molecule has 0 heterocycles. The van der Waals surface area contributed by atoms with Crippen LogP contribution < -0.4 is 10.1 Å². The second kappa shape index (κ2) is 6.72. The van der Waals surface area contributed by atoms with E-state index >= 15 is 0 Å². The molecule has 106 valence electrons. The topological polar surface area (TPSA) is 41.5 Å². The standard InChI is InChI=1S/C15H15BrFNO2/c1-20-12-5-3-11(4-6-12)18-15(9-19)10-2-7-14(17)13(16)8-10/h2-8,15,18-19H,9H2,1H3. The van der Waals surface area contributed by atoms with Crippen LogP contribution in [0.4, 0.5) is 10.1 Å². The average molecular weight is 340 g/mol. The molecule has 0 fully saturated rings. The molecule has 2 N–H and O–H groups in total. The quantitative estimate of drug-likeness (QED) is 0.871. The largest absolute Gasteiger partial charge is 0.497 e. The minimum absolute atomic E-state index is 0.0932. The van der Waals surface area contributed by atoms with Crippen molar-refractivity contribution in [2.45, 2.75) is 6.04 Å².